The molecule has 0 bridgehead atoms. The maximum absolute atomic E-state index is 4.50. The highest BCUT2D eigenvalue weighted by Crippen LogP contribution is 2.35. The molecule has 2 heterocycles. The van der Waals surface area contributed by atoms with Crippen molar-refractivity contribution in [2.75, 3.05) is 4.90 Å². The van der Waals surface area contributed by atoms with Crippen molar-refractivity contribution < 1.29 is 0 Å². The van der Waals surface area contributed by atoms with Crippen molar-refractivity contribution in [2.45, 2.75) is 20.8 Å². The number of anilines is 3. The second-order valence-electron chi connectivity index (χ2n) is 11.1. The monoisotopic (exact) mass is 569 g/mol. The number of nitrogens with zero attached hydrogens (tertiary/aromatic N) is 3. The summed E-state index contributed by atoms with van der Waals surface area (Å²) < 4.78 is 0. The van der Waals surface area contributed by atoms with Crippen LogP contribution < -0.4 is 4.90 Å². The second kappa shape index (κ2) is 13.2. The van der Waals surface area contributed by atoms with Gasteiger partial charge in [0, 0.05) is 29.5 Å². The Labute approximate surface area is 260 Å². The molecular formula is C41H35N3. The summed E-state index contributed by atoms with van der Waals surface area (Å²) in [7, 11) is 0. The molecule has 2 aromatic heterocycles. The summed E-state index contributed by atoms with van der Waals surface area (Å²) >= 11 is 0. The first-order valence-electron chi connectivity index (χ1n) is 14.9. The SMILES string of the molecule is Cc1ccc(N(c2ccc(C)cc2)c2ccc(/C=C/c3ccc(/C=C/c4ccnc(-c5cc(C)ccn5)c4)cc3)cc2)cc1. The van der Waals surface area contributed by atoms with E-state index in [1.807, 2.05) is 24.5 Å². The first-order chi connectivity index (χ1) is 21.5. The fourth-order valence-electron chi connectivity index (χ4n) is 5.04. The highest BCUT2D eigenvalue weighted by atomic mass is 15.1. The molecule has 0 aliphatic heterocycles. The molecule has 0 atom stereocenters. The van der Waals surface area contributed by atoms with Gasteiger partial charge in [-0.2, -0.15) is 0 Å². The third-order valence-corrected chi connectivity index (χ3v) is 7.57. The van der Waals surface area contributed by atoms with Crippen molar-refractivity contribution in [1.29, 1.82) is 0 Å². The molecule has 0 N–H and O–H groups in total. The number of aromatic nitrogens is 2. The summed E-state index contributed by atoms with van der Waals surface area (Å²) in [5, 5.41) is 0. The van der Waals surface area contributed by atoms with Crippen LogP contribution in [0.1, 0.15) is 38.9 Å². The Morgan fingerprint density at radius 2 is 0.773 bits per heavy atom. The van der Waals surface area contributed by atoms with Crippen LogP contribution in [0.2, 0.25) is 0 Å². The molecule has 0 amide bonds. The number of aryl methyl sites for hydroxylation is 3. The first-order valence-corrected chi connectivity index (χ1v) is 14.9. The zero-order valence-electron chi connectivity index (χ0n) is 25.4. The lowest BCUT2D eigenvalue weighted by atomic mass is 10.1. The number of hydrogen-bond acceptors (Lipinski definition) is 3. The quantitative estimate of drug-likeness (QED) is 0.171. The standard InChI is InChI=1S/C41H35N3/c1-30-4-18-37(19-5-30)44(38-20-6-31(2)7-21-38)39-22-16-35(17-23-39)13-12-33-8-10-34(11-9-33)14-15-36-25-27-43-41(29-36)40-28-32(3)24-26-42-40/h4-29H,1-3H3/b13-12+,15-14+. The molecule has 6 aromatic rings. The summed E-state index contributed by atoms with van der Waals surface area (Å²) in [6.45, 7) is 6.31. The number of hydrogen-bond donors (Lipinski definition) is 0. The molecule has 0 saturated carbocycles. The van der Waals surface area contributed by atoms with E-state index in [1.165, 1.54) is 16.7 Å². The Morgan fingerprint density at radius 3 is 1.25 bits per heavy atom. The van der Waals surface area contributed by atoms with E-state index in [2.05, 4.69) is 169 Å². The molecule has 0 radical (unpaired) electrons. The van der Waals surface area contributed by atoms with Crippen molar-refractivity contribution in [3.8, 4) is 11.4 Å². The zero-order valence-corrected chi connectivity index (χ0v) is 25.4. The van der Waals surface area contributed by atoms with Crippen molar-refractivity contribution in [1.82, 2.24) is 9.97 Å². The maximum atomic E-state index is 4.50. The molecule has 0 aliphatic carbocycles. The van der Waals surface area contributed by atoms with Crippen molar-refractivity contribution in [2.24, 2.45) is 0 Å². The van der Waals surface area contributed by atoms with Gasteiger partial charge in [-0.15, -0.1) is 0 Å². The van der Waals surface area contributed by atoms with Gasteiger partial charge in [-0.3, -0.25) is 9.97 Å². The van der Waals surface area contributed by atoms with E-state index in [1.54, 1.807) is 0 Å². The Morgan fingerprint density at radius 1 is 0.386 bits per heavy atom. The normalized spacial score (nSPS) is 11.3. The number of rotatable bonds is 8. The fraction of sp³-hybridized carbons (Fsp3) is 0.0732. The predicted octanol–water partition coefficient (Wildman–Crippen LogP) is 10.9. The van der Waals surface area contributed by atoms with Crippen LogP contribution in [-0.2, 0) is 0 Å². The van der Waals surface area contributed by atoms with Crippen molar-refractivity contribution in [3.63, 3.8) is 0 Å². The van der Waals surface area contributed by atoms with Gasteiger partial charge in [0.1, 0.15) is 0 Å². The van der Waals surface area contributed by atoms with E-state index in [9.17, 15) is 0 Å². The molecule has 0 spiro atoms. The summed E-state index contributed by atoms with van der Waals surface area (Å²) in [6.07, 6.45) is 12.2. The van der Waals surface area contributed by atoms with Crippen LogP contribution in [0.3, 0.4) is 0 Å². The lowest BCUT2D eigenvalue weighted by molar-refractivity contribution is 1.23. The van der Waals surface area contributed by atoms with E-state index >= 15 is 0 Å². The average Bonchev–Trinajstić information content (AvgIpc) is 3.06. The second-order valence-corrected chi connectivity index (χ2v) is 11.1. The van der Waals surface area contributed by atoms with Crippen LogP contribution in [-0.4, -0.2) is 9.97 Å². The van der Waals surface area contributed by atoms with E-state index in [-0.39, 0.29) is 0 Å². The molecule has 0 saturated heterocycles. The van der Waals surface area contributed by atoms with Gasteiger partial charge in [0.2, 0.25) is 0 Å². The lowest BCUT2D eigenvalue weighted by Crippen LogP contribution is -2.09. The molecule has 0 unspecified atom stereocenters. The largest absolute Gasteiger partial charge is 0.311 e. The first kappa shape index (κ1) is 28.6. The summed E-state index contributed by atoms with van der Waals surface area (Å²) in [4.78, 5) is 11.3. The molecular weight excluding hydrogens is 534 g/mol. The zero-order chi connectivity index (χ0) is 30.3. The van der Waals surface area contributed by atoms with E-state index < -0.39 is 0 Å². The summed E-state index contributed by atoms with van der Waals surface area (Å²) in [5.74, 6) is 0. The van der Waals surface area contributed by atoms with E-state index in [0.29, 0.717) is 0 Å². The van der Waals surface area contributed by atoms with Crippen LogP contribution in [0.15, 0.2) is 134 Å². The van der Waals surface area contributed by atoms with Crippen LogP contribution in [0, 0.1) is 20.8 Å². The number of benzene rings is 4. The number of pyridine rings is 2. The Bertz CT molecular complexity index is 1850. The molecule has 44 heavy (non-hydrogen) atoms. The highest BCUT2D eigenvalue weighted by molar-refractivity contribution is 5.79. The van der Waals surface area contributed by atoms with Crippen molar-refractivity contribution in [3.05, 3.63) is 173 Å². The molecule has 4 aromatic carbocycles. The van der Waals surface area contributed by atoms with E-state index in [0.717, 1.165) is 50.7 Å². The van der Waals surface area contributed by atoms with Crippen LogP contribution in [0.5, 0.6) is 0 Å². The minimum Gasteiger partial charge on any atom is -0.311 e. The average molecular weight is 570 g/mol. The minimum absolute atomic E-state index is 0.877. The Hall–Kier alpha value is -5.54. The van der Waals surface area contributed by atoms with Gasteiger partial charge in [-0.05, 0) is 109 Å². The maximum Gasteiger partial charge on any atom is 0.0892 e. The molecule has 3 nitrogen and oxygen atoms in total. The van der Waals surface area contributed by atoms with Crippen LogP contribution in [0.25, 0.3) is 35.7 Å². The van der Waals surface area contributed by atoms with Gasteiger partial charge >= 0.3 is 0 Å². The molecule has 0 aliphatic rings. The summed E-state index contributed by atoms with van der Waals surface area (Å²) in [6, 6.07) is 42.8. The molecule has 0 fully saturated rings. The van der Waals surface area contributed by atoms with Crippen LogP contribution >= 0.6 is 0 Å². The summed E-state index contributed by atoms with van der Waals surface area (Å²) in [5.41, 5.74) is 13.4. The Kier molecular flexibility index (Phi) is 8.56. The smallest absolute Gasteiger partial charge is 0.0892 e. The van der Waals surface area contributed by atoms with Crippen molar-refractivity contribution >= 4 is 41.4 Å². The fourth-order valence-corrected chi connectivity index (χ4v) is 5.04. The van der Waals surface area contributed by atoms with Gasteiger partial charge in [-0.25, -0.2) is 0 Å². The predicted molar refractivity (Wildman–Crippen MR) is 187 cm³/mol. The molecule has 3 heteroatoms. The van der Waals surface area contributed by atoms with E-state index in [4.69, 9.17) is 0 Å². The van der Waals surface area contributed by atoms with Gasteiger partial charge in [0.05, 0.1) is 11.4 Å². The Balaban J connectivity index is 1.14. The van der Waals surface area contributed by atoms with Gasteiger partial charge in [-0.1, -0.05) is 96.1 Å². The topological polar surface area (TPSA) is 29.0 Å². The van der Waals surface area contributed by atoms with Gasteiger partial charge < -0.3 is 4.90 Å². The van der Waals surface area contributed by atoms with Gasteiger partial charge in [0.25, 0.3) is 0 Å². The third-order valence-electron chi connectivity index (χ3n) is 7.57. The highest BCUT2D eigenvalue weighted by Gasteiger charge is 2.12. The molecule has 214 valence electrons. The van der Waals surface area contributed by atoms with Crippen LogP contribution in [0.4, 0.5) is 17.1 Å². The third kappa shape index (κ3) is 7.08. The lowest BCUT2D eigenvalue weighted by Gasteiger charge is -2.25. The van der Waals surface area contributed by atoms with Gasteiger partial charge in [0.15, 0.2) is 0 Å². The molecule has 6 rings (SSSR count). The minimum atomic E-state index is 0.877.